The molecule has 1 aromatic heterocycles. The molecular formula is C16H16N2O3S. The fourth-order valence-corrected chi connectivity index (χ4v) is 3.90. The Morgan fingerprint density at radius 2 is 2.09 bits per heavy atom. The molecule has 114 valence electrons. The highest BCUT2D eigenvalue weighted by atomic mass is 32.1. The number of carbonyl (C=O) groups excluding carboxylic acids is 1. The Balaban J connectivity index is 1.57. The van der Waals surface area contributed by atoms with Gasteiger partial charge in [0.25, 0.3) is 5.91 Å². The molecule has 0 saturated heterocycles. The minimum atomic E-state index is -0.203. The number of ether oxygens (including phenoxy) is 2. The third kappa shape index (κ3) is 2.43. The Morgan fingerprint density at radius 1 is 1.18 bits per heavy atom. The van der Waals surface area contributed by atoms with Gasteiger partial charge in [0.05, 0.1) is 11.3 Å². The SMILES string of the molecule is O=C(Nc1nc2c(s1)CCCCC2)c1cccc2c1OCO2. The number of anilines is 1. The molecule has 1 aliphatic carbocycles. The number of nitrogens with zero attached hydrogens (tertiary/aromatic N) is 1. The average molecular weight is 316 g/mol. The topological polar surface area (TPSA) is 60.5 Å². The number of benzene rings is 1. The Kier molecular flexibility index (Phi) is 3.46. The van der Waals surface area contributed by atoms with Crippen molar-refractivity contribution >= 4 is 22.4 Å². The van der Waals surface area contributed by atoms with E-state index in [-0.39, 0.29) is 12.7 Å². The summed E-state index contributed by atoms with van der Waals surface area (Å²) >= 11 is 1.59. The predicted octanol–water partition coefficient (Wildman–Crippen LogP) is 3.39. The third-order valence-electron chi connectivity index (χ3n) is 3.96. The molecule has 0 bridgehead atoms. The summed E-state index contributed by atoms with van der Waals surface area (Å²) in [5.41, 5.74) is 1.64. The molecule has 5 nitrogen and oxygen atoms in total. The van der Waals surface area contributed by atoms with Crippen molar-refractivity contribution in [3.63, 3.8) is 0 Å². The molecule has 6 heteroatoms. The first kappa shape index (κ1) is 13.6. The Hall–Kier alpha value is -2.08. The van der Waals surface area contributed by atoms with E-state index < -0.39 is 0 Å². The van der Waals surface area contributed by atoms with Gasteiger partial charge in [0, 0.05) is 4.88 Å². The lowest BCUT2D eigenvalue weighted by atomic mass is 10.2. The zero-order valence-corrected chi connectivity index (χ0v) is 12.9. The molecule has 2 aliphatic rings. The van der Waals surface area contributed by atoms with Gasteiger partial charge >= 0.3 is 0 Å². The number of aromatic nitrogens is 1. The Labute approximate surface area is 132 Å². The molecule has 2 aromatic rings. The maximum Gasteiger partial charge on any atom is 0.261 e. The number of hydrogen-bond donors (Lipinski definition) is 1. The predicted molar refractivity (Wildman–Crippen MR) is 83.9 cm³/mol. The van der Waals surface area contributed by atoms with Crippen molar-refractivity contribution in [2.24, 2.45) is 0 Å². The minimum absolute atomic E-state index is 0.158. The van der Waals surface area contributed by atoms with Crippen molar-refractivity contribution in [1.29, 1.82) is 0 Å². The van der Waals surface area contributed by atoms with E-state index in [1.165, 1.54) is 24.1 Å². The highest BCUT2D eigenvalue weighted by Gasteiger charge is 2.23. The van der Waals surface area contributed by atoms with Gasteiger partial charge in [0.1, 0.15) is 0 Å². The molecule has 1 amide bonds. The fourth-order valence-electron chi connectivity index (χ4n) is 2.86. The fraction of sp³-hybridized carbons (Fsp3) is 0.375. The van der Waals surface area contributed by atoms with Crippen LogP contribution in [0.4, 0.5) is 5.13 Å². The molecule has 0 radical (unpaired) electrons. The van der Waals surface area contributed by atoms with E-state index in [1.54, 1.807) is 29.5 Å². The van der Waals surface area contributed by atoms with Crippen LogP contribution in [0.5, 0.6) is 11.5 Å². The van der Waals surface area contributed by atoms with Crippen LogP contribution < -0.4 is 14.8 Å². The highest BCUT2D eigenvalue weighted by molar-refractivity contribution is 7.15. The first-order valence-electron chi connectivity index (χ1n) is 7.50. The minimum Gasteiger partial charge on any atom is -0.454 e. The second-order valence-corrected chi connectivity index (χ2v) is 6.53. The van der Waals surface area contributed by atoms with Crippen molar-refractivity contribution in [3.05, 3.63) is 34.3 Å². The average Bonchev–Trinajstić information content (AvgIpc) is 3.08. The summed E-state index contributed by atoms with van der Waals surface area (Å²) < 4.78 is 10.7. The molecule has 1 N–H and O–H groups in total. The van der Waals surface area contributed by atoms with Gasteiger partial charge in [-0.2, -0.15) is 0 Å². The summed E-state index contributed by atoms with van der Waals surface area (Å²) in [6.07, 6.45) is 5.74. The summed E-state index contributed by atoms with van der Waals surface area (Å²) in [4.78, 5) is 18.4. The van der Waals surface area contributed by atoms with Crippen molar-refractivity contribution in [1.82, 2.24) is 4.98 Å². The standard InChI is InChI=1S/C16H16N2O3S/c19-15(10-5-4-7-12-14(10)21-9-20-12)18-16-17-11-6-2-1-3-8-13(11)22-16/h4-5,7H,1-3,6,8-9H2,(H,17,18,19). The van der Waals surface area contributed by atoms with Crippen LogP contribution in [0.25, 0.3) is 0 Å². The molecule has 0 unspecified atom stereocenters. The van der Waals surface area contributed by atoms with Gasteiger partial charge in [0.2, 0.25) is 6.79 Å². The Morgan fingerprint density at radius 3 is 3.05 bits per heavy atom. The van der Waals surface area contributed by atoms with E-state index >= 15 is 0 Å². The number of nitrogens with one attached hydrogen (secondary N) is 1. The lowest BCUT2D eigenvalue weighted by molar-refractivity contribution is 0.102. The molecule has 1 aliphatic heterocycles. The maximum atomic E-state index is 12.5. The quantitative estimate of drug-likeness (QED) is 0.863. The first-order valence-corrected chi connectivity index (χ1v) is 8.31. The molecule has 0 saturated carbocycles. The van der Waals surface area contributed by atoms with Crippen molar-refractivity contribution < 1.29 is 14.3 Å². The van der Waals surface area contributed by atoms with Gasteiger partial charge < -0.3 is 9.47 Å². The van der Waals surface area contributed by atoms with E-state index in [1.807, 2.05) is 0 Å². The molecule has 1 aromatic carbocycles. The van der Waals surface area contributed by atoms with E-state index in [2.05, 4.69) is 10.3 Å². The number of carbonyl (C=O) groups is 1. The van der Waals surface area contributed by atoms with E-state index in [9.17, 15) is 4.79 Å². The summed E-state index contributed by atoms with van der Waals surface area (Å²) in [5.74, 6) is 0.923. The number of amides is 1. The normalized spacial score (nSPS) is 16.0. The molecule has 0 spiro atoms. The van der Waals surface area contributed by atoms with Crippen LogP contribution in [-0.4, -0.2) is 17.7 Å². The smallest absolute Gasteiger partial charge is 0.261 e. The maximum absolute atomic E-state index is 12.5. The summed E-state index contributed by atoms with van der Waals surface area (Å²) in [6.45, 7) is 0.158. The number of hydrogen-bond acceptors (Lipinski definition) is 5. The van der Waals surface area contributed by atoms with Crippen LogP contribution in [0.2, 0.25) is 0 Å². The second kappa shape index (κ2) is 5.61. The van der Waals surface area contributed by atoms with Crippen LogP contribution in [0.1, 0.15) is 40.2 Å². The van der Waals surface area contributed by atoms with Crippen LogP contribution >= 0.6 is 11.3 Å². The van der Waals surface area contributed by atoms with Gasteiger partial charge in [-0.25, -0.2) is 4.98 Å². The van der Waals surface area contributed by atoms with Crippen molar-refractivity contribution in [2.45, 2.75) is 32.1 Å². The number of aryl methyl sites for hydroxylation is 2. The summed E-state index contributed by atoms with van der Waals surface area (Å²) in [6, 6.07) is 5.32. The van der Waals surface area contributed by atoms with Crippen LogP contribution in [-0.2, 0) is 12.8 Å². The molecule has 2 heterocycles. The lowest BCUT2D eigenvalue weighted by Crippen LogP contribution is -2.12. The van der Waals surface area contributed by atoms with Gasteiger partial charge in [0.15, 0.2) is 16.6 Å². The monoisotopic (exact) mass is 316 g/mol. The third-order valence-corrected chi connectivity index (χ3v) is 5.03. The largest absolute Gasteiger partial charge is 0.454 e. The van der Waals surface area contributed by atoms with Crippen molar-refractivity contribution in [2.75, 3.05) is 12.1 Å². The van der Waals surface area contributed by atoms with Gasteiger partial charge in [-0.3, -0.25) is 10.1 Å². The van der Waals surface area contributed by atoms with E-state index in [4.69, 9.17) is 9.47 Å². The van der Waals surface area contributed by atoms with E-state index in [0.29, 0.717) is 22.2 Å². The Bertz CT molecular complexity index is 703. The number of rotatable bonds is 2. The number of para-hydroxylation sites is 1. The van der Waals surface area contributed by atoms with Gasteiger partial charge in [-0.1, -0.05) is 12.5 Å². The second-order valence-electron chi connectivity index (χ2n) is 5.44. The molecule has 0 fully saturated rings. The zero-order chi connectivity index (χ0) is 14.9. The van der Waals surface area contributed by atoms with Gasteiger partial charge in [-0.15, -0.1) is 11.3 Å². The lowest BCUT2D eigenvalue weighted by Gasteiger charge is -2.05. The summed E-state index contributed by atoms with van der Waals surface area (Å²) in [7, 11) is 0. The van der Waals surface area contributed by atoms with E-state index in [0.717, 1.165) is 18.5 Å². The van der Waals surface area contributed by atoms with Crippen LogP contribution in [0.15, 0.2) is 18.2 Å². The highest BCUT2D eigenvalue weighted by Crippen LogP contribution is 2.36. The number of fused-ring (bicyclic) bond motifs is 2. The first-order chi connectivity index (χ1) is 10.8. The van der Waals surface area contributed by atoms with Crippen molar-refractivity contribution in [3.8, 4) is 11.5 Å². The molecule has 0 atom stereocenters. The van der Waals surface area contributed by atoms with Gasteiger partial charge in [-0.05, 0) is 37.8 Å². The molecule has 22 heavy (non-hydrogen) atoms. The van der Waals surface area contributed by atoms with Crippen LogP contribution in [0.3, 0.4) is 0 Å². The number of thiazole rings is 1. The zero-order valence-electron chi connectivity index (χ0n) is 12.1. The van der Waals surface area contributed by atoms with Crippen LogP contribution in [0, 0.1) is 0 Å². The summed E-state index contributed by atoms with van der Waals surface area (Å²) in [5, 5.41) is 3.57. The molecule has 4 rings (SSSR count). The molecular weight excluding hydrogens is 300 g/mol.